The van der Waals surface area contributed by atoms with Crippen LogP contribution in [-0.2, 0) is 7.05 Å². The van der Waals surface area contributed by atoms with Crippen molar-refractivity contribution in [2.45, 2.75) is 38.6 Å². The minimum absolute atomic E-state index is 0.338. The van der Waals surface area contributed by atoms with Crippen molar-refractivity contribution < 1.29 is 0 Å². The van der Waals surface area contributed by atoms with Gasteiger partial charge in [-0.15, -0.1) is 10.2 Å². The van der Waals surface area contributed by atoms with Crippen molar-refractivity contribution in [1.82, 2.24) is 19.7 Å². The minimum atomic E-state index is 0.338. The van der Waals surface area contributed by atoms with E-state index in [-0.39, 0.29) is 0 Å². The van der Waals surface area contributed by atoms with E-state index in [0.29, 0.717) is 17.5 Å². The predicted molar refractivity (Wildman–Crippen MR) is 83.5 cm³/mol. The highest BCUT2D eigenvalue weighted by atomic mass is 15.3. The van der Waals surface area contributed by atoms with E-state index in [9.17, 15) is 5.26 Å². The summed E-state index contributed by atoms with van der Waals surface area (Å²) in [4.78, 5) is 6.67. The molecule has 2 aromatic rings. The fourth-order valence-corrected chi connectivity index (χ4v) is 3.41. The van der Waals surface area contributed by atoms with E-state index in [0.717, 1.165) is 36.6 Å². The van der Waals surface area contributed by atoms with Gasteiger partial charge in [-0.25, -0.2) is 0 Å². The number of aromatic nitrogens is 4. The summed E-state index contributed by atoms with van der Waals surface area (Å²) in [5.41, 5.74) is 2.60. The Labute approximate surface area is 130 Å². The third-order valence-electron chi connectivity index (χ3n) is 4.50. The smallest absolute Gasteiger partial charge is 0.135 e. The molecular formula is C16H20N6. The number of pyridine rings is 1. The van der Waals surface area contributed by atoms with E-state index in [2.05, 4.69) is 33.1 Å². The van der Waals surface area contributed by atoms with Crippen LogP contribution in [0.15, 0.2) is 18.6 Å². The third-order valence-corrected chi connectivity index (χ3v) is 4.50. The number of hydrogen-bond acceptors (Lipinski definition) is 5. The zero-order chi connectivity index (χ0) is 15.7. The Morgan fingerprint density at radius 3 is 2.86 bits per heavy atom. The van der Waals surface area contributed by atoms with Crippen molar-refractivity contribution in [3.8, 4) is 6.07 Å². The first-order chi connectivity index (χ1) is 10.6. The second kappa shape index (κ2) is 5.76. The maximum absolute atomic E-state index is 9.37. The summed E-state index contributed by atoms with van der Waals surface area (Å²) < 4.78 is 2.00. The van der Waals surface area contributed by atoms with E-state index < -0.39 is 0 Å². The maximum atomic E-state index is 9.37. The molecule has 114 valence electrons. The zero-order valence-corrected chi connectivity index (χ0v) is 13.2. The van der Waals surface area contributed by atoms with Gasteiger partial charge in [0, 0.05) is 31.7 Å². The molecule has 0 radical (unpaired) electrons. The van der Waals surface area contributed by atoms with Crippen molar-refractivity contribution >= 4 is 5.69 Å². The average Bonchev–Trinajstić information content (AvgIpc) is 2.93. The number of aryl methyl sites for hydroxylation is 2. The summed E-state index contributed by atoms with van der Waals surface area (Å²) in [5, 5.41) is 17.6. The molecule has 0 saturated carbocycles. The molecule has 0 aliphatic carbocycles. The lowest BCUT2D eigenvalue weighted by Crippen LogP contribution is -2.41. The van der Waals surface area contributed by atoms with Gasteiger partial charge in [-0.3, -0.25) is 4.98 Å². The Hall–Kier alpha value is -2.42. The molecule has 1 saturated heterocycles. The zero-order valence-electron chi connectivity index (χ0n) is 13.2. The molecule has 1 aliphatic heterocycles. The molecule has 3 heterocycles. The quantitative estimate of drug-likeness (QED) is 0.849. The number of nitrogens with zero attached hydrogens (tertiary/aromatic N) is 6. The fourth-order valence-electron chi connectivity index (χ4n) is 3.41. The Morgan fingerprint density at radius 1 is 1.41 bits per heavy atom. The molecule has 0 aromatic carbocycles. The first-order valence-electron chi connectivity index (χ1n) is 7.58. The molecule has 2 aromatic heterocycles. The summed E-state index contributed by atoms with van der Waals surface area (Å²) in [6, 6.07) is 4.43. The lowest BCUT2D eigenvalue weighted by atomic mass is 9.90. The van der Waals surface area contributed by atoms with E-state index in [1.165, 1.54) is 0 Å². The fraction of sp³-hybridized carbons (Fsp3) is 0.500. The standard InChI is InChI=1S/C16H20N6/c1-11-8-13(16-20-19-10-21(16)3)5-7-22(11)15-12(2)18-6-4-14(15)9-17/h4,6,10-11,13H,5,7-8H2,1-3H3. The number of hydrogen-bond donors (Lipinski definition) is 0. The lowest BCUT2D eigenvalue weighted by molar-refractivity contribution is 0.410. The summed E-state index contributed by atoms with van der Waals surface area (Å²) >= 11 is 0. The third kappa shape index (κ3) is 2.43. The molecule has 0 N–H and O–H groups in total. The normalized spacial score (nSPS) is 21.6. The molecule has 0 spiro atoms. The summed E-state index contributed by atoms with van der Waals surface area (Å²) in [7, 11) is 1.99. The van der Waals surface area contributed by atoms with Crippen molar-refractivity contribution in [3.05, 3.63) is 35.7 Å². The van der Waals surface area contributed by atoms with E-state index >= 15 is 0 Å². The van der Waals surface area contributed by atoms with Crippen molar-refractivity contribution in [1.29, 1.82) is 5.26 Å². The molecule has 6 heteroatoms. The monoisotopic (exact) mass is 296 g/mol. The highest BCUT2D eigenvalue weighted by Crippen LogP contribution is 2.35. The Kier molecular flexibility index (Phi) is 3.80. The van der Waals surface area contributed by atoms with Crippen LogP contribution in [0.5, 0.6) is 0 Å². The first-order valence-corrected chi connectivity index (χ1v) is 7.58. The SMILES string of the molecule is Cc1nccc(C#N)c1N1CCC(c2nncn2C)CC1C. The van der Waals surface area contributed by atoms with Crippen LogP contribution >= 0.6 is 0 Å². The van der Waals surface area contributed by atoms with Gasteiger partial charge in [0.15, 0.2) is 0 Å². The maximum Gasteiger partial charge on any atom is 0.135 e. The van der Waals surface area contributed by atoms with Crippen LogP contribution in [0.4, 0.5) is 5.69 Å². The highest BCUT2D eigenvalue weighted by Gasteiger charge is 2.30. The van der Waals surface area contributed by atoms with Gasteiger partial charge >= 0.3 is 0 Å². The Bertz CT molecular complexity index is 714. The summed E-state index contributed by atoms with van der Waals surface area (Å²) in [5.74, 6) is 1.47. The molecule has 6 nitrogen and oxygen atoms in total. The van der Waals surface area contributed by atoms with Crippen LogP contribution in [0.3, 0.4) is 0 Å². The van der Waals surface area contributed by atoms with Crippen LogP contribution < -0.4 is 4.90 Å². The molecular weight excluding hydrogens is 276 g/mol. The van der Waals surface area contributed by atoms with Crippen LogP contribution in [0.2, 0.25) is 0 Å². The first kappa shape index (κ1) is 14.5. The lowest BCUT2D eigenvalue weighted by Gasteiger charge is -2.39. The molecule has 22 heavy (non-hydrogen) atoms. The summed E-state index contributed by atoms with van der Waals surface area (Å²) in [6.07, 6.45) is 5.47. The second-order valence-electron chi connectivity index (χ2n) is 5.97. The molecule has 3 rings (SSSR count). The van der Waals surface area contributed by atoms with Gasteiger partial charge in [0.05, 0.1) is 16.9 Å². The van der Waals surface area contributed by atoms with Crippen LogP contribution in [0.1, 0.15) is 42.8 Å². The molecule has 0 bridgehead atoms. The number of anilines is 1. The van der Waals surface area contributed by atoms with Gasteiger partial charge in [0.1, 0.15) is 18.2 Å². The van der Waals surface area contributed by atoms with Crippen LogP contribution in [-0.4, -0.2) is 32.3 Å². The summed E-state index contributed by atoms with van der Waals surface area (Å²) in [6.45, 7) is 5.08. The largest absolute Gasteiger partial charge is 0.366 e. The molecule has 1 aliphatic rings. The molecule has 1 fully saturated rings. The van der Waals surface area contributed by atoms with Gasteiger partial charge in [0.25, 0.3) is 0 Å². The van der Waals surface area contributed by atoms with E-state index in [1.807, 2.05) is 18.5 Å². The van der Waals surface area contributed by atoms with Crippen molar-refractivity contribution in [2.24, 2.45) is 7.05 Å². The Morgan fingerprint density at radius 2 is 2.23 bits per heavy atom. The predicted octanol–water partition coefficient (Wildman–Crippen LogP) is 2.16. The molecule has 0 amide bonds. The minimum Gasteiger partial charge on any atom is -0.366 e. The van der Waals surface area contributed by atoms with Crippen LogP contribution in [0.25, 0.3) is 0 Å². The van der Waals surface area contributed by atoms with Gasteiger partial charge in [-0.2, -0.15) is 5.26 Å². The number of nitriles is 1. The number of rotatable bonds is 2. The van der Waals surface area contributed by atoms with E-state index in [1.54, 1.807) is 18.6 Å². The van der Waals surface area contributed by atoms with Gasteiger partial charge in [-0.05, 0) is 32.8 Å². The average molecular weight is 296 g/mol. The number of piperidine rings is 1. The van der Waals surface area contributed by atoms with Crippen molar-refractivity contribution in [3.63, 3.8) is 0 Å². The second-order valence-corrected chi connectivity index (χ2v) is 5.97. The van der Waals surface area contributed by atoms with E-state index in [4.69, 9.17) is 0 Å². The van der Waals surface area contributed by atoms with Gasteiger partial charge < -0.3 is 9.47 Å². The van der Waals surface area contributed by atoms with Crippen molar-refractivity contribution in [2.75, 3.05) is 11.4 Å². The van der Waals surface area contributed by atoms with Gasteiger partial charge in [-0.1, -0.05) is 0 Å². The van der Waals surface area contributed by atoms with Crippen LogP contribution in [0, 0.1) is 18.3 Å². The molecule has 2 unspecified atom stereocenters. The highest BCUT2D eigenvalue weighted by molar-refractivity contribution is 5.62. The molecule has 2 atom stereocenters. The topological polar surface area (TPSA) is 70.6 Å². The van der Waals surface area contributed by atoms with Gasteiger partial charge in [0.2, 0.25) is 0 Å². The Balaban J connectivity index is 1.86.